The molecule has 4 aromatic carbocycles. The van der Waals surface area contributed by atoms with Crippen molar-refractivity contribution in [2.24, 2.45) is 0 Å². The van der Waals surface area contributed by atoms with Gasteiger partial charge in [0.05, 0.1) is 20.6 Å². The standard InChI is InChI=1S/C39H42N4O7/c1-49-34-25-29(24-28-16-9-10-17-30(28)34)40-37(46)31(22-26-12-5-3-6-13-26)42-38(47)33-18-11-21-43(33)39(48)32(23-27-14-7-4-8-15-27)41-35(44)19-20-36(45)50-2/h3-10,12-17,24-25,31-33H,11,18-23H2,1-2H3,(H,40,46)(H,41,44)(H,42,47). The summed E-state index contributed by atoms with van der Waals surface area (Å²) >= 11 is 0. The van der Waals surface area contributed by atoms with Gasteiger partial charge in [0.1, 0.15) is 23.9 Å². The lowest BCUT2D eigenvalue weighted by molar-refractivity contribution is -0.143. The van der Waals surface area contributed by atoms with Crippen molar-refractivity contribution in [2.45, 2.75) is 56.7 Å². The first-order valence-corrected chi connectivity index (χ1v) is 16.7. The Kier molecular flexibility index (Phi) is 12.2. The number of amides is 4. The SMILES string of the molecule is COC(=O)CCC(=O)NC(Cc1ccccc1)C(=O)N1CCCC1C(=O)NC(Cc1ccccc1)C(=O)Nc1cc(OC)c2ccccc2c1. The van der Waals surface area contributed by atoms with E-state index in [4.69, 9.17) is 4.74 Å². The molecule has 1 aliphatic heterocycles. The number of nitrogens with one attached hydrogen (secondary N) is 3. The third-order valence-electron chi connectivity index (χ3n) is 8.77. The summed E-state index contributed by atoms with van der Waals surface area (Å²) in [5.74, 6) is -1.70. The average molecular weight is 679 g/mol. The van der Waals surface area contributed by atoms with E-state index < -0.39 is 47.7 Å². The molecule has 1 saturated heterocycles. The molecule has 5 rings (SSSR count). The Morgan fingerprint density at radius 2 is 1.42 bits per heavy atom. The van der Waals surface area contributed by atoms with E-state index in [0.717, 1.165) is 21.9 Å². The van der Waals surface area contributed by atoms with Crippen molar-refractivity contribution < 1.29 is 33.4 Å². The van der Waals surface area contributed by atoms with Crippen LogP contribution in [-0.2, 0) is 41.6 Å². The Hall–Kier alpha value is -5.71. The van der Waals surface area contributed by atoms with E-state index in [0.29, 0.717) is 30.8 Å². The molecule has 4 aromatic rings. The van der Waals surface area contributed by atoms with Gasteiger partial charge in [0, 0.05) is 42.9 Å². The monoisotopic (exact) mass is 678 g/mol. The number of carbonyl (C=O) groups excluding carboxylic acids is 5. The molecule has 4 amide bonds. The fourth-order valence-corrected chi connectivity index (χ4v) is 6.21. The zero-order chi connectivity index (χ0) is 35.5. The van der Waals surface area contributed by atoms with Gasteiger partial charge in [-0.2, -0.15) is 0 Å². The van der Waals surface area contributed by atoms with Gasteiger partial charge in [0.25, 0.3) is 0 Å². The van der Waals surface area contributed by atoms with Gasteiger partial charge in [-0.3, -0.25) is 24.0 Å². The number of carbonyl (C=O) groups is 5. The van der Waals surface area contributed by atoms with Crippen molar-refractivity contribution in [1.29, 1.82) is 0 Å². The minimum absolute atomic E-state index is 0.125. The summed E-state index contributed by atoms with van der Waals surface area (Å²) in [5.41, 5.74) is 2.19. The molecule has 1 fully saturated rings. The maximum atomic E-state index is 14.1. The molecule has 1 aliphatic rings. The minimum atomic E-state index is -0.970. The zero-order valence-electron chi connectivity index (χ0n) is 28.2. The van der Waals surface area contributed by atoms with Crippen molar-refractivity contribution >= 4 is 46.1 Å². The topological polar surface area (TPSA) is 143 Å². The third-order valence-corrected chi connectivity index (χ3v) is 8.77. The third kappa shape index (κ3) is 9.25. The minimum Gasteiger partial charge on any atom is -0.496 e. The van der Waals surface area contributed by atoms with Crippen molar-refractivity contribution in [3.63, 3.8) is 0 Å². The molecular weight excluding hydrogens is 636 g/mol. The molecule has 0 aliphatic carbocycles. The lowest BCUT2D eigenvalue weighted by atomic mass is 10.0. The van der Waals surface area contributed by atoms with Gasteiger partial charge in [-0.1, -0.05) is 84.9 Å². The number of rotatable bonds is 14. The van der Waals surface area contributed by atoms with E-state index in [9.17, 15) is 24.0 Å². The summed E-state index contributed by atoms with van der Waals surface area (Å²) in [6.07, 6.45) is 1.12. The first-order valence-electron chi connectivity index (χ1n) is 16.7. The molecule has 1 heterocycles. The summed E-state index contributed by atoms with van der Waals surface area (Å²) in [7, 11) is 2.81. The second-order valence-corrected chi connectivity index (χ2v) is 12.2. The van der Waals surface area contributed by atoms with Crippen molar-refractivity contribution in [3.8, 4) is 5.75 Å². The molecule has 0 bridgehead atoms. The van der Waals surface area contributed by atoms with Gasteiger partial charge in [0.2, 0.25) is 23.6 Å². The predicted molar refractivity (Wildman–Crippen MR) is 189 cm³/mol. The Morgan fingerprint density at radius 3 is 2.08 bits per heavy atom. The number of hydrogen-bond donors (Lipinski definition) is 3. The van der Waals surface area contributed by atoms with Gasteiger partial charge in [0.15, 0.2) is 0 Å². The number of methoxy groups -OCH3 is 2. The Labute approximate surface area is 291 Å². The van der Waals surface area contributed by atoms with Gasteiger partial charge in [-0.15, -0.1) is 0 Å². The highest BCUT2D eigenvalue weighted by Crippen LogP contribution is 2.30. The first-order chi connectivity index (χ1) is 24.2. The van der Waals surface area contributed by atoms with E-state index in [-0.39, 0.29) is 25.7 Å². The Bertz CT molecular complexity index is 1820. The van der Waals surface area contributed by atoms with Crippen LogP contribution in [0.3, 0.4) is 0 Å². The zero-order valence-corrected chi connectivity index (χ0v) is 28.2. The highest BCUT2D eigenvalue weighted by Gasteiger charge is 2.39. The number of ether oxygens (including phenoxy) is 2. The van der Waals surface area contributed by atoms with Crippen molar-refractivity contribution in [3.05, 3.63) is 108 Å². The largest absolute Gasteiger partial charge is 0.496 e. The van der Waals surface area contributed by atoms with Crippen molar-refractivity contribution in [1.82, 2.24) is 15.5 Å². The summed E-state index contributed by atoms with van der Waals surface area (Å²) in [4.78, 5) is 67.8. The molecule has 50 heavy (non-hydrogen) atoms. The molecule has 0 aromatic heterocycles. The highest BCUT2D eigenvalue weighted by atomic mass is 16.5. The normalized spacial score (nSPS) is 15.1. The molecule has 11 heteroatoms. The summed E-state index contributed by atoms with van der Waals surface area (Å²) in [6.45, 7) is 0.312. The first kappa shape index (κ1) is 35.6. The van der Waals surface area contributed by atoms with E-state index in [1.54, 1.807) is 13.2 Å². The van der Waals surface area contributed by atoms with Gasteiger partial charge < -0.3 is 30.3 Å². The molecule has 11 nitrogen and oxygen atoms in total. The average Bonchev–Trinajstić information content (AvgIpc) is 3.64. The number of esters is 1. The fraction of sp³-hybridized carbons (Fsp3) is 0.308. The van der Waals surface area contributed by atoms with Gasteiger partial charge in [-0.25, -0.2) is 0 Å². The van der Waals surface area contributed by atoms with Crippen LogP contribution >= 0.6 is 0 Å². The number of benzene rings is 4. The Morgan fingerprint density at radius 1 is 0.780 bits per heavy atom. The Balaban J connectivity index is 1.34. The molecule has 3 atom stereocenters. The number of nitrogens with zero attached hydrogens (tertiary/aromatic N) is 1. The smallest absolute Gasteiger partial charge is 0.306 e. The van der Waals surface area contributed by atoms with Crippen LogP contribution in [0.4, 0.5) is 5.69 Å². The van der Waals surface area contributed by atoms with E-state index in [1.165, 1.54) is 12.0 Å². The fourth-order valence-electron chi connectivity index (χ4n) is 6.21. The van der Waals surface area contributed by atoms with Gasteiger partial charge in [-0.05, 0) is 35.4 Å². The summed E-state index contributed by atoms with van der Waals surface area (Å²) < 4.78 is 10.2. The van der Waals surface area contributed by atoms with E-state index in [1.807, 2.05) is 91.0 Å². The summed E-state index contributed by atoms with van der Waals surface area (Å²) in [5, 5.41) is 10.4. The lowest BCUT2D eigenvalue weighted by Gasteiger charge is -2.30. The van der Waals surface area contributed by atoms with Crippen LogP contribution in [-0.4, -0.2) is 73.4 Å². The quantitative estimate of drug-likeness (QED) is 0.170. The van der Waals surface area contributed by atoms with Gasteiger partial charge >= 0.3 is 5.97 Å². The van der Waals surface area contributed by atoms with Crippen LogP contribution in [0.5, 0.6) is 5.75 Å². The van der Waals surface area contributed by atoms with Crippen LogP contribution in [0, 0.1) is 0 Å². The van der Waals surface area contributed by atoms with Crippen LogP contribution < -0.4 is 20.7 Å². The highest BCUT2D eigenvalue weighted by molar-refractivity contribution is 6.01. The molecule has 260 valence electrons. The molecular formula is C39H42N4O7. The lowest BCUT2D eigenvalue weighted by Crippen LogP contribution is -2.56. The van der Waals surface area contributed by atoms with Crippen LogP contribution in [0.2, 0.25) is 0 Å². The molecule has 0 saturated carbocycles. The van der Waals surface area contributed by atoms with Crippen LogP contribution in [0.25, 0.3) is 10.8 Å². The molecule has 0 radical (unpaired) electrons. The van der Waals surface area contributed by atoms with Crippen LogP contribution in [0.15, 0.2) is 97.1 Å². The molecule has 3 unspecified atom stereocenters. The predicted octanol–water partition coefficient (Wildman–Crippen LogP) is 4.19. The maximum absolute atomic E-state index is 14.1. The molecule has 3 N–H and O–H groups in total. The number of fused-ring (bicyclic) bond motifs is 1. The van der Waals surface area contributed by atoms with E-state index >= 15 is 0 Å². The summed E-state index contributed by atoms with van der Waals surface area (Å²) in [6, 6.07) is 27.1. The van der Waals surface area contributed by atoms with E-state index in [2.05, 4.69) is 20.7 Å². The second-order valence-electron chi connectivity index (χ2n) is 12.2. The van der Waals surface area contributed by atoms with Crippen LogP contribution in [0.1, 0.15) is 36.8 Å². The van der Waals surface area contributed by atoms with Crippen molar-refractivity contribution in [2.75, 3.05) is 26.1 Å². The molecule has 0 spiro atoms. The number of anilines is 1. The maximum Gasteiger partial charge on any atom is 0.306 e. The number of hydrogen-bond acceptors (Lipinski definition) is 7. The second kappa shape index (κ2) is 17.1. The number of likely N-dealkylation sites (tertiary alicyclic amines) is 1.